The number of nitrogens with one attached hydrogen (secondary N) is 3. The van der Waals surface area contributed by atoms with Crippen molar-refractivity contribution in [2.75, 3.05) is 25.0 Å². The van der Waals surface area contributed by atoms with E-state index in [1.165, 1.54) is 6.42 Å². The Kier molecular flexibility index (Phi) is 8.70. The number of carbonyl (C=O) groups excluding carboxylic acids is 1. The zero-order valence-electron chi connectivity index (χ0n) is 24.3. The fourth-order valence-electron chi connectivity index (χ4n) is 7.11. The Balaban J connectivity index is 1.25. The molecule has 0 radical (unpaired) electrons. The van der Waals surface area contributed by atoms with E-state index in [0.717, 1.165) is 48.6 Å². The summed E-state index contributed by atoms with van der Waals surface area (Å²) in [5, 5.41) is 11.5. The zero-order chi connectivity index (χ0) is 28.6. The highest BCUT2D eigenvalue weighted by molar-refractivity contribution is 6.35. The predicted molar refractivity (Wildman–Crippen MR) is 167 cm³/mol. The minimum Gasteiger partial charge on any atom is -0.352 e. The molecule has 6 atom stereocenters. The predicted octanol–water partition coefficient (Wildman–Crippen LogP) is 6.49. The Labute approximate surface area is 249 Å². The van der Waals surface area contributed by atoms with Gasteiger partial charge in [-0.15, -0.1) is 0 Å². The minimum atomic E-state index is -0.104. The number of nitrogens with zero attached hydrogens (tertiary/aromatic N) is 2. The first kappa shape index (κ1) is 29.2. The van der Waals surface area contributed by atoms with E-state index in [0.29, 0.717) is 58.0 Å². The van der Waals surface area contributed by atoms with Gasteiger partial charge >= 0.3 is 0 Å². The molecule has 4 aliphatic rings. The number of hydrogen-bond donors (Lipinski definition) is 3. The molecule has 216 valence electrons. The number of carbonyl (C=O) groups is 1. The summed E-state index contributed by atoms with van der Waals surface area (Å²) in [4.78, 5) is 20.6. The van der Waals surface area contributed by atoms with Gasteiger partial charge in [0.1, 0.15) is 0 Å². The van der Waals surface area contributed by atoms with Crippen LogP contribution in [0.2, 0.25) is 10.0 Å². The molecule has 4 fully saturated rings. The largest absolute Gasteiger partial charge is 0.352 e. The average molecular weight is 585 g/mol. The maximum absolute atomic E-state index is 12.8. The number of benzene rings is 2. The van der Waals surface area contributed by atoms with Crippen LogP contribution in [0.3, 0.4) is 0 Å². The van der Waals surface area contributed by atoms with Crippen LogP contribution in [-0.2, 0) is 6.42 Å². The lowest BCUT2D eigenvalue weighted by molar-refractivity contribution is -0.108. The smallest absolute Gasteiger partial charge is 0.251 e. The van der Waals surface area contributed by atoms with Gasteiger partial charge in [-0.1, -0.05) is 50.0 Å². The van der Waals surface area contributed by atoms with Gasteiger partial charge in [0.05, 0.1) is 6.04 Å². The van der Waals surface area contributed by atoms with Gasteiger partial charge in [0.2, 0.25) is 0 Å². The standard InChI is InChI=1S/C32H43Cl2N5O/c1-19-17-39(18-20(2)36-19)31(38-29-15-24-14-27(21(29)3)32(24,4)5)37-26-10-7-23(8-11-26)30(40)35-13-12-22-6-9-25(33)16-28(22)34/h6-11,16,19-21,24,27,29,36H,12-15,17-18H2,1-5H3,(H,35,40)(H,37,38)/t19?,20?,21-,24+,27+,29+/m1/s1. The second-order valence-electron chi connectivity index (χ2n) is 12.8. The van der Waals surface area contributed by atoms with Crippen LogP contribution in [0, 0.1) is 23.2 Å². The summed E-state index contributed by atoms with van der Waals surface area (Å²) in [7, 11) is 0. The number of piperazine rings is 1. The normalized spacial score (nSPS) is 29.5. The molecule has 0 spiro atoms. The summed E-state index contributed by atoms with van der Waals surface area (Å²) >= 11 is 12.2. The number of guanidine groups is 1. The maximum atomic E-state index is 12.8. The monoisotopic (exact) mass is 583 g/mol. The van der Waals surface area contributed by atoms with Crippen LogP contribution in [0.5, 0.6) is 0 Å². The number of halogens is 2. The Morgan fingerprint density at radius 3 is 2.38 bits per heavy atom. The zero-order valence-corrected chi connectivity index (χ0v) is 25.8. The van der Waals surface area contributed by atoms with Crippen LogP contribution in [0.4, 0.5) is 5.69 Å². The molecule has 6 rings (SSSR count). The second-order valence-corrected chi connectivity index (χ2v) is 13.6. The molecule has 3 saturated carbocycles. The molecular weight excluding hydrogens is 541 g/mol. The molecule has 1 amide bonds. The van der Waals surface area contributed by atoms with E-state index in [2.05, 4.69) is 55.5 Å². The highest BCUT2D eigenvalue weighted by atomic mass is 35.5. The van der Waals surface area contributed by atoms with Gasteiger partial charge in [0.15, 0.2) is 5.96 Å². The molecule has 1 heterocycles. The molecule has 3 N–H and O–H groups in total. The molecule has 40 heavy (non-hydrogen) atoms. The van der Waals surface area contributed by atoms with Gasteiger partial charge in [-0.2, -0.15) is 0 Å². The van der Waals surface area contributed by atoms with Crippen molar-refractivity contribution >= 4 is 40.8 Å². The molecule has 1 aliphatic heterocycles. The van der Waals surface area contributed by atoms with Crippen LogP contribution in [0.15, 0.2) is 47.5 Å². The Hall–Kier alpha value is -2.28. The maximum Gasteiger partial charge on any atom is 0.251 e. The van der Waals surface area contributed by atoms with Crippen molar-refractivity contribution in [1.29, 1.82) is 0 Å². The lowest BCUT2D eigenvalue weighted by Crippen LogP contribution is -2.59. The van der Waals surface area contributed by atoms with Crippen LogP contribution in [0.25, 0.3) is 0 Å². The van der Waals surface area contributed by atoms with Crippen molar-refractivity contribution in [3.05, 3.63) is 63.6 Å². The number of amides is 1. The number of rotatable bonds is 6. The first-order valence-electron chi connectivity index (χ1n) is 14.7. The number of anilines is 1. The Morgan fingerprint density at radius 2 is 1.75 bits per heavy atom. The summed E-state index contributed by atoms with van der Waals surface area (Å²) in [5.74, 6) is 2.93. The quantitative estimate of drug-likeness (QED) is 0.268. The van der Waals surface area contributed by atoms with E-state index in [9.17, 15) is 4.79 Å². The van der Waals surface area contributed by atoms with Crippen LogP contribution in [0.1, 0.15) is 63.4 Å². The summed E-state index contributed by atoms with van der Waals surface area (Å²) in [6.45, 7) is 14.0. The van der Waals surface area contributed by atoms with Gasteiger partial charge in [-0.25, -0.2) is 4.99 Å². The lowest BCUT2D eigenvalue weighted by atomic mass is 9.45. The highest BCUT2D eigenvalue weighted by Gasteiger charge is 2.56. The third-order valence-corrected chi connectivity index (χ3v) is 10.1. The van der Waals surface area contributed by atoms with Gasteiger partial charge < -0.3 is 20.9 Å². The molecule has 2 bridgehead atoms. The number of fused-ring (bicyclic) bond motifs is 2. The highest BCUT2D eigenvalue weighted by Crippen LogP contribution is 2.61. The van der Waals surface area contributed by atoms with Gasteiger partial charge in [0.25, 0.3) is 5.91 Å². The van der Waals surface area contributed by atoms with E-state index >= 15 is 0 Å². The van der Waals surface area contributed by atoms with Gasteiger partial charge in [0, 0.05) is 53.0 Å². The molecule has 2 aromatic carbocycles. The van der Waals surface area contributed by atoms with Crippen molar-refractivity contribution in [1.82, 2.24) is 15.5 Å². The van der Waals surface area contributed by atoms with Crippen molar-refractivity contribution in [3.63, 3.8) is 0 Å². The van der Waals surface area contributed by atoms with Crippen molar-refractivity contribution in [2.24, 2.45) is 28.2 Å². The summed E-state index contributed by atoms with van der Waals surface area (Å²) < 4.78 is 0. The SMILES string of the molecule is CC1CN(C(=N[C@H]2C[C@@H]3C[C@@H]([C@H]2C)C3(C)C)Nc2ccc(C(=O)NCCc3ccc(Cl)cc3Cl)cc2)CC(C)N1. The summed E-state index contributed by atoms with van der Waals surface area (Å²) in [5.41, 5.74) is 2.96. The fourth-order valence-corrected chi connectivity index (χ4v) is 7.62. The van der Waals surface area contributed by atoms with Gasteiger partial charge in [-0.05, 0) is 98.2 Å². The van der Waals surface area contributed by atoms with Crippen LogP contribution in [-0.4, -0.2) is 54.5 Å². The van der Waals surface area contributed by atoms with E-state index < -0.39 is 0 Å². The second kappa shape index (κ2) is 11.9. The molecule has 2 unspecified atom stereocenters. The van der Waals surface area contributed by atoms with Crippen LogP contribution < -0.4 is 16.0 Å². The Bertz CT molecular complexity index is 1240. The third-order valence-electron chi connectivity index (χ3n) is 9.56. The van der Waals surface area contributed by atoms with E-state index in [4.69, 9.17) is 28.2 Å². The minimum absolute atomic E-state index is 0.104. The van der Waals surface area contributed by atoms with Crippen molar-refractivity contribution in [2.45, 2.75) is 72.0 Å². The number of aliphatic imine (C=N–C) groups is 1. The average Bonchev–Trinajstić information content (AvgIpc) is 2.90. The van der Waals surface area contributed by atoms with Crippen LogP contribution >= 0.6 is 23.2 Å². The van der Waals surface area contributed by atoms with Crippen molar-refractivity contribution in [3.8, 4) is 0 Å². The summed E-state index contributed by atoms with van der Waals surface area (Å²) in [6, 6.07) is 14.2. The first-order valence-corrected chi connectivity index (χ1v) is 15.4. The molecule has 2 aromatic rings. The molecule has 1 saturated heterocycles. The topological polar surface area (TPSA) is 68.8 Å². The van der Waals surface area contributed by atoms with E-state index in [1.807, 2.05) is 36.4 Å². The van der Waals surface area contributed by atoms with E-state index in [-0.39, 0.29) is 5.91 Å². The molecule has 3 aliphatic carbocycles. The van der Waals surface area contributed by atoms with Gasteiger partial charge in [-0.3, -0.25) is 4.79 Å². The fraction of sp³-hybridized carbons (Fsp3) is 0.562. The van der Waals surface area contributed by atoms with Crippen molar-refractivity contribution < 1.29 is 4.79 Å². The molecular formula is C32H43Cl2N5O. The Morgan fingerprint density at radius 1 is 1.05 bits per heavy atom. The molecule has 6 nitrogen and oxygen atoms in total. The first-order chi connectivity index (χ1) is 19.0. The number of hydrogen-bond acceptors (Lipinski definition) is 3. The lowest BCUT2D eigenvalue weighted by Gasteiger charge is -2.61. The third kappa shape index (κ3) is 6.29. The molecule has 8 heteroatoms. The molecule has 0 aromatic heterocycles. The summed E-state index contributed by atoms with van der Waals surface area (Å²) in [6.07, 6.45) is 3.15. The van der Waals surface area contributed by atoms with E-state index in [1.54, 1.807) is 6.07 Å².